The lowest BCUT2D eigenvalue weighted by Gasteiger charge is -2.13. The molecule has 2 rings (SSSR count). The number of nitrogens with zero attached hydrogens (tertiary/aromatic N) is 1. The van der Waals surface area contributed by atoms with Crippen LogP contribution < -0.4 is 10.0 Å². The van der Waals surface area contributed by atoms with E-state index in [4.69, 9.17) is 0 Å². The zero-order valence-corrected chi connectivity index (χ0v) is 14.8. The SMILES string of the molecule is CCNC(C)c1ccc(S(=O)(=O)Nc2ncc(Br)s2)cc1. The largest absolute Gasteiger partial charge is 0.310 e. The Kier molecular flexibility index (Phi) is 5.37. The fraction of sp³-hybridized carbons (Fsp3) is 0.308. The molecule has 8 heteroatoms. The van der Waals surface area contributed by atoms with Crippen LogP contribution in [0.5, 0.6) is 0 Å². The van der Waals surface area contributed by atoms with Crippen LogP contribution in [0, 0.1) is 0 Å². The van der Waals surface area contributed by atoms with Crippen LogP contribution in [0.25, 0.3) is 0 Å². The number of hydrogen-bond acceptors (Lipinski definition) is 5. The fourth-order valence-electron chi connectivity index (χ4n) is 1.84. The molecule has 0 spiro atoms. The number of sulfonamides is 1. The quantitative estimate of drug-likeness (QED) is 0.794. The highest BCUT2D eigenvalue weighted by molar-refractivity contribution is 9.11. The van der Waals surface area contributed by atoms with Gasteiger partial charge < -0.3 is 5.32 Å². The lowest BCUT2D eigenvalue weighted by molar-refractivity contribution is 0.594. The first-order valence-corrected chi connectivity index (χ1v) is 9.49. The van der Waals surface area contributed by atoms with E-state index in [9.17, 15) is 8.42 Å². The van der Waals surface area contributed by atoms with Gasteiger partial charge in [-0.2, -0.15) is 0 Å². The Morgan fingerprint density at radius 1 is 1.33 bits per heavy atom. The van der Waals surface area contributed by atoms with E-state index >= 15 is 0 Å². The van der Waals surface area contributed by atoms with Crippen LogP contribution in [0.2, 0.25) is 0 Å². The molecule has 0 bridgehead atoms. The third-order valence-corrected chi connectivity index (χ3v) is 5.78. The Bertz CT molecular complexity index is 698. The highest BCUT2D eigenvalue weighted by Crippen LogP contribution is 2.25. The second-order valence-electron chi connectivity index (χ2n) is 4.42. The standard InChI is InChI=1S/C13H16BrN3O2S2/c1-3-15-9(2)10-4-6-11(7-5-10)21(18,19)17-13-16-8-12(14)20-13/h4-9,15H,3H2,1-2H3,(H,16,17). The molecule has 114 valence electrons. The smallest absolute Gasteiger partial charge is 0.263 e. The zero-order chi connectivity index (χ0) is 15.5. The molecule has 21 heavy (non-hydrogen) atoms. The van der Waals surface area contributed by atoms with Crippen LogP contribution in [-0.4, -0.2) is 19.9 Å². The summed E-state index contributed by atoms with van der Waals surface area (Å²) < 4.78 is 27.7. The van der Waals surface area contributed by atoms with Crippen molar-refractivity contribution in [3.05, 3.63) is 39.8 Å². The van der Waals surface area contributed by atoms with Crippen molar-refractivity contribution in [3.8, 4) is 0 Å². The average Bonchev–Trinajstić information content (AvgIpc) is 2.84. The molecule has 0 amide bonds. The monoisotopic (exact) mass is 389 g/mol. The number of halogens is 1. The number of rotatable bonds is 6. The molecule has 1 aromatic carbocycles. The maximum absolute atomic E-state index is 12.2. The normalized spacial score (nSPS) is 13.1. The molecule has 1 heterocycles. The van der Waals surface area contributed by atoms with E-state index in [0.29, 0.717) is 5.13 Å². The van der Waals surface area contributed by atoms with E-state index in [0.717, 1.165) is 15.9 Å². The Balaban J connectivity index is 2.17. The summed E-state index contributed by atoms with van der Waals surface area (Å²) in [6, 6.07) is 7.04. The minimum atomic E-state index is -3.60. The van der Waals surface area contributed by atoms with Crippen LogP contribution in [0.15, 0.2) is 39.1 Å². The summed E-state index contributed by atoms with van der Waals surface area (Å²) in [5.41, 5.74) is 1.05. The van der Waals surface area contributed by atoms with E-state index in [2.05, 4.69) is 31.0 Å². The maximum atomic E-state index is 12.2. The van der Waals surface area contributed by atoms with Gasteiger partial charge in [-0.1, -0.05) is 30.4 Å². The summed E-state index contributed by atoms with van der Waals surface area (Å²) in [6.07, 6.45) is 1.56. The van der Waals surface area contributed by atoms with E-state index < -0.39 is 10.0 Å². The van der Waals surface area contributed by atoms with Crippen LogP contribution >= 0.6 is 27.3 Å². The lowest BCUT2D eigenvalue weighted by atomic mass is 10.1. The van der Waals surface area contributed by atoms with Gasteiger partial charge in [-0.15, -0.1) is 0 Å². The highest BCUT2D eigenvalue weighted by atomic mass is 79.9. The molecule has 2 N–H and O–H groups in total. The van der Waals surface area contributed by atoms with Gasteiger partial charge in [-0.25, -0.2) is 13.4 Å². The first kappa shape index (κ1) is 16.4. The van der Waals surface area contributed by atoms with Crippen molar-refractivity contribution in [2.75, 3.05) is 11.3 Å². The number of hydrogen-bond donors (Lipinski definition) is 2. The predicted octanol–water partition coefficient (Wildman–Crippen LogP) is 3.38. The summed E-state index contributed by atoms with van der Waals surface area (Å²) in [6.45, 7) is 4.94. The van der Waals surface area contributed by atoms with E-state index in [1.54, 1.807) is 18.3 Å². The number of aromatic nitrogens is 1. The van der Waals surface area contributed by atoms with E-state index in [1.165, 1.54) is 11.3 Å². The van der Waals surface area contributed by atoms with E-state index in [1.807, 2.05) is 26.0 Å². The number of benzene rings is 1. The van der Waals surface area contributed by atoms with Crippen molar-refractivity contribution in [2.45, 2.75) is 24.8 Å². The molecule has 0 fully saturated rings. The Morgan fingerprint density at radius 2 is 2.00 bits per heavy atom. The molecule has 2 aromatic rings. The van der Waals surface area contributed by atoms with Gasteiger partial charge in [0, 0.05) is 6.04 Å². The molecule has 0 aliphatic carbocycles. The van der Waals surface area contributed by atoms with Gasteiger partial charge in [-0.3, -0.25) is 4.72 Å². The number of thiazole rings is 1. The highest BCUT2D eigenvalue weighted by Gasteiger charge is 2.16. The Morgan fingerprint density at radius 3 is 2.52 bits per heavy atom. The van der Waals surface area contributed by atoms with Gasteiger partial charge in [-0.05, 0) is 47.1 Å². The van der Waals surface area contributed by atoms with Gasteiger partial charge in [0.05, 0.1) is 14.9 Å². The van der Waals surface area contributed by atoms with Gasteiger partial charge >= 0.3 is 0 Å². The van der Waals surface area contributed by atoms with Crippen molar-refractivity contribution in [1.29, 1.82) is 0 Å². The molecular weight excluding hydrogens is 374 g/mol. The molecule has 1 unspecified atom stereocenters. The molecule has 1 atom stereocenters. The van der Waals surface area contributed by atoms with Crippen molar-refractivity contribution >= 4 is 42.4 Å². The molecule has 5 nitrogen and oxygen atoms in total. The van der Waals surface area contributed by atoms with Crippen molar-refractivity contribution < 1.29 is 8.42 Å². The zero-order valence-electron chi connectivity index (χ0n) is 11.6. The molecule has 1 aromatic heterocycles. The van der Waals surface area contributed by atoms with Gasteiger partial charge in [0.25, 0.3) is 10.0 Å². The van der Waals surface area contributed by atoms with Crippen LogP contribution in [0.1, 0.15) is 25.5 Å². The van der Waals surface area contributed by atoms with E-state index in [-0.39, 0.29) is 10.9 Å². The fourth-order valence-corrected chi connectivity index (χ4v) is 4.18. The summed E-state index contributed by atoms with van der Waals surface area (Å²) in [4.78, 5) is 4.19. The van der Waals surface area contributed by atoms with Gasteiger partial charge in [0.1, 0.15) is 0 Å². The van der Waals surface area contributed by atoms with Gasteiger partial charge in [0.15, 0.2) is 5.13 Å². The molecule has 0 saturated carbocycles. The maximum Gasteiger partial charge on any atom is 0.263 e. The number of anilines is 1. The third-order valence-electron chi connectivity index (χ3n) is 2.90. The Hall–Kier alpha value is -0.960. The summed E-state index contributed by atoms with van der Waals surface area (Å²) >= 11 is 4.48. The first-order valence-electron chi connectivity index (χ1n) is 6.40. The van der Waals surface area contributed by atoms with Crippen LogP contribution in [0.4, 0.5) is 5.13 Å². The van der Waals surface area contributed by atoms with Crippen molar-refractivity contribution in [3.63, 3.8) is 0 Å². The summed E-state index contributed by atoms with van der Waals surface area (Å²) in [5.74, 6) is 0. The topological polar surface area (TPSA) is 71.1 Å². The van der Waals surface area contributed by atoms with Gasteiger partial charge in [0.2, 0.25) is 0 Å². The minimum absolute atomic E-state index is 0.189. The molecule has 0 aliphatic rings. The second kappa shape index (κ2) is 6.87. The molecule has 0 saturated heterocycles. The number of nitrogens with one attached hydrogen (secondary N) is 2. The average molecular weight is 390 g/mol. The summed E-state index contributed by atoms with van der Waals surface area (Å²) in [5, 5.41) is 3.62. The molecule has 0 radical (unpaired) electrons. The predicted molar refractivity (Wildman–Crippen MR) is 89.2 cm³/mol. The Labute approximate surface area is 137 Å². The lowest BCUT2D eigenvalue weighted by Crippen LogP contribution is -2.18. The van der Waals surface area contributed by atoms with Crippen molar-refractivity contribution in [2.24, 2.45) is 0 Å². The third kappa shape index (κ3) is 4.26. The first-order chi connectivity index (χ1) is 9.92. The molecular formula is C13H16BrN3O2S2. The minimum Gasteiger partial charge on any atom is -0.310 e. The van der Waals surface area contributed by atoms with Crippen LogP contribution in [-0.2, 0) is 10.0 Å². The van der Waals surface area contributed by atoms with Crippen molar-refractivity contribution in [1.82, 2.24) is 10.3 Å². The summed E-state index contributed by atoms with van der Waals surface area (Å²) in [7, 11) is -3.60. The molecule has 0 aliphatic heterocycles. The second-order valence-corrected chi connectivity index (χ2v) is 8.52. The van der Waals surface area contributed by atoms with Crippen LogP contribution in [0.3, 0.4) is 0 Å².